The van der Waals surface area contributed by atoms with Crippen molar-refractivity contribution in [2.45, 2.75) is 39.5 Å². The van der Waals surface area contributed by atoms with Crippen molar-refractivity contribution in [1.29, 1.82) is 0 Å². The molecule has 1 amide bonds. The summed E-state index contributed by atoms with van der Waals surface area (Å²) in [6.45, 7) is 6.11. The normalized spacial score (nSPS) is 14.2. The highest BCUT2D eigenvalue weighted by molar-refractivity contribution is 6.03. The van der Waals surface area contributed by atoms with Crippen molar-refractivity contribution < 1.29 is 14.0 Å². The minimum Gasteiger partial charge on any atom is -0.455 e. The van der Waals surface area contributed by atoms with E-state index in [9.17, 15) is 9.59 Å². The first-order valence-corrected chi connectivity index (χ1v) is 7.29. The molecule has 0 atom stereocenters. The number of ketones is 1. The maximum atomic E-state index is 12.1. The third-order valence-electron chi connectivity index (χ3n) is 3.53. The molecule has 0 bridgehead atoms. The third-order valence-corrected chi connectivity index (χ3v) is 3.53. The maximum Gasteiger partial charge on any atom is 0.287 e. The number of rotatable bonds is 6. The molecule has 0 saturated carbocycles. The summed E-state index contributed by atoms with van der Waals surface area (Å²) >= 11 is 0. The molecule has 2 rings (SSSR count). The Morgan fingerprint density at radius 2 is 2.05 bits per heavy atom. The first-order chi connectivity index (χ1) is 9.65. The number of nitrogens with one attached hydrogen (secondary N) is 2. The Labute approximate surface area is 119 Å². The van der Waals surface area contributed by atoms with E-state index < -0.39 is 0 Å². The highest BCUT2D eigenvalue weighted by atomic mass is 16.4. The zero-order chi connectivity index (χ0) is 14.5. The lowest BCUT2D eigenvalue weighted by atomic mass is 9.94. The van der Waals surface area contributed by atoms with Crippen LogP contribution in [0.3, 0.4) is 0 Å². The fourth-order valence-corrected chi connectivity index (χ4v) is 2.51. The minimum atomic E-state index is -0.233. The van der Waals surface area contributed by atoms with Crippen molar-refractivity contribution in [1.82, 2.24) is 10.6 Å². The van der Waals surface area contributed by atoms with E-state index in [1.54, 1.807) is 6.92 Å². The molecule has 110 valence electrons. The van der Waals surface area contributed by atoms with Gasteiger partial charge in [-0.2, -0.15) is 0 Å². The van der Waals surface area contributed by atoms with Gasteiger partial charge in [0.1, 0.15) is 5.76 Å². The average Bonchev–Trinajstić information content (AvgIpc) is 2.77. The van der Waals surface area contributed by atoms with E-state index in [-0.39, 0.29) is 11.7 Å². The van der Waals surface area contributed by atoms with E-state index >= 15 is 0 Å². The fraction of sp³-hybridized carbons (Fsp3) is 0.600. The number of hydrogen-bond acceptors (Lipinski definition) is 4. The van der Waals surface area contributed by atoms with Crippen LogP contribution in [0.2, 0.25) is 0 Å². The largest absolute Gasteiger partial charge is 0.455 e. The van der Waals surface area contributed by atoms with Crippen molar-refractivity contribution in [3.05, 3.63) is 22.6 Å². The number of carbonyl (C=O) groups excluding carboxylic acids is 2. The van der Waals surface area contributed by atoms with Crippen LogP contribution < -0.4 is 10.6 Å². The Balaban J connectivity index is 1.99. The molecule has 1 heterocycles. The van der Waals surface area contributed by atoms with Gasteiger partial charge in [0.15, 0.2) is 11.5 Å². The molecule has 0 saturated heterocycles. The molecule has 0 aliphatic heterocycles. The van der Waals surface area contributed by atoms with Crippen molar-refractivity contribution in [3.63, 3.8) is 0 Å². The molecule has 1 aliphatic carbocycles. The number of Topliss-reactive ketones (excluding diaryl/α,β-unsaturated/α-hetero) is 1. The van der Waals surface area contributed by atoms with Gasteiger partial charge in [0.05, 0.1) is 5.56 Å². The van der Waals surface area contributed by atoms with Gasteiger partial charge in [0.2, 0.25) is 0 Å². The van der Waals surface area contributed by atoms with Gasteiger partial charge in [-0.1, -0.05) is 6.92 Å². The summed E-state index contributed by atoms with van der Waals surface area (Å²) in [4.78, 5) is 24.0. The van der Waals surface area contributed by atoms with Crippen molar-refractivity contribution >= 4 is 11.7 Å². The standard InChI is InChI=1S/C15H22N2O3/c1-3-7-16-8-9-17-15(19)14-10(2)13-11(18)5-4-6-12(13)20-14/h16H,3-9H2,1-2H3,(H,17,19). The fourth-order valence-electron chi connectivity index (χ4n) is 2.51. The number of hydrogen-bond donors (Lipinski definition) is 2. The molecule has 0 fully saturated rings. The smallest absolute Gasteiger partial charge is 0.287 e. The van der Waals surface area contributed by atoms with Crippen LogP contribution in [0.1, 0.15) is 58.4 Å². The molecule has 2 N–H and O–H groups in total. The summed E-state index contributed by atoms with van der Waals surface area (Å²) in [5.41, 5.74) is 1.31. The third kappa shape index (κ3) is 3.10. The quantitative estimate of drug-likeness (QED) is 0.779. The summed E-state index contributed by atoms with van der Waals surface area (Å²) in [5.74, 6) is 0.827. The Morgan fingerprint density at radius 3 is 2.75 bits per heavy atom. The van der Waals surface area contributed by atoms with Crippen LogP contribution >= 0.6 is 0 Å². The van der Waals surface area contributed by atoms with Crippen molar-refractivity contribution in [2.24, 2.45) is 0 Å². The highest BCUT2D eigenvalue weighted by Crippen LogP contribution is 2.29. The molecule has 5 nitrogen and oxygen atoms in total. The number of furan rings is 1. The van der Waals surface area contributed by atoms with Gasteiger partial charge >= 0.3 is 0 Å². The SMILES string of the molecule is CCCNCCNC(=O)c1oc2c(c1C)C(=O)CCC2. The number of amides is 1. The summed E-state index contributed by atoms with van der Waals surface area (Å²) in [7, 11) is 0. The second-order valence-electron chi connectivity index (χ2n) is 5.14. The van der Waals surface area contributed by atoms with E-state index in [1.165, 1.54) is 0 Å². The van der Waals surface area contributed by atoms with E-state index in [2.05, 4.69) is 17.6 Å². The van der Waals surface area contributed by atoms with Gasteiger partial charge in [0.25, 0.3) is 5.91 Å². The second kappa shape index (κ2) is 6.70. The van der Waals surface area contributed by atoms with Crippen LogP contribution in [-0.4, -0.2) is 31.3 Å². The van der Waals surface area contributed by atoms with Gasteiger partial charge in [-0.3, -0.25) is 9.59 Å². The molecule has 1 aromatic rings. The first kappa shape index (κ1) is 14.8. The summed E-state index contributed by atoms with van der Waals surface area (Å²) in [6.07, 6.45) is 3.17. The lowest BCUT2D eigenvalue weighted by molar-refractivity contribution is 0.0920. The highest BCUT2D eigenvalue weighted by Gasteiger charge is 2.28. The molecule has 0 radical (unpaired) electrons. The summed E-state index contributed by atoms with van der Waals surface area (Å²) < 4.78 is 5.59. The maximum absolute atomic E-state index is 12.1. The summed E-state index contributed by atoms with van der Waals surface area (Å²) in [5, 5.41) is 6.03. The molecule has 0 aromatic carbocycles. The predicted octanol–water partition coefficient (Wildman–Crippen LogP) is 1.84. The van der Waals surface area contributed by atoms with Gasteiger partial charge in [-0.15, -0.1) is 0 Å². The first-order valence-electron chi connectivity index (χ1n) is 7.29. The molecule has 0 spiro atoms. The molecule has 20 heavy (non-hydrogen) atoms. The minimum absolute atomic E-state index is 0.0937. The number of aryl methyl sites for hydroxylation is 1. The van der Waals surface area contributed by atoms with E-state index in [1.807, 2.05) is 0 Å². The number of carbonyl (C=O) groups is 2. The second-order valence-corrected chi connectivity index (χ2v) is 5.14. The van der Waals surface area contributed by atoms with Crippen molar-refractivity contribution in [2.75, 3.05) is 19.6 Å². The van der Waals surface area contributed by atoms with Crippen LogP contribution in [0.5, 0.6) is 0 Å². The molecule has 5 heteroatoms. The van der Waals surface area contributed by atoms with Crippen molar-refractivity contribution in [3.8, 4) is 0 Å². The zero-order valence-corrected chi connectivity index (χ0v) is 12.2. The molecule has 1 aromatic heterocycles. The lowest BCUT2D eigenvalue weighted by Crippen LogP contribution is -2.32. The molecular formula is C15H22N2O3. The Bertz CT molecular complexity index is 505. The molecular weight excluding hydrogens is 256 g/mol. The van der Waals surface area contributed by atoms with Crippen LogP contribution in [0.4, 0.5) is 0 Å². The van der Waals surface area contributed by atoms with Crippen LogP contribution in [-0.2, 0) is 6.42 Å². The van der Waals surface area contributed by atoms with Crippen LogP contribution in [0, 0.1) is 6.92 Å². The van der Waals surface area contributed by atoms with Gasteiger partial charge in [-0.05, 0) is 26.3 Å². The molecule has 0 unspecified atom stereocenters. The van der Waals surface area contributed by atoms with Gasteiger partial charge < -0.3 is 15.1 Å². The number of fused-ring (bicyclic) bond motifs is 1. The Hall–Kier alpha value is -1.62. The summed E-state index contributed by atoms with van der Waals surface area (Å²) in [6, 6.07) is 0. The van der Waals surface area contributed by atoms with Crippen LogP contribution in [0.25, 0.3) is 0 Å². The van der Waals surface area contributed by atoms with E-state index in [0.717, 1.165) is 32.4 Å². The average molecular weight is 278 g/mol. The van der Waals surface area contributed by atoms with Gasteiger partial charge in [-0.25, -0.2) is 0 Å². The topological polar surface area (TPSA) is 71.3 Å². The predicted molar refractivity (Wildman–Crippen MR) is 76.2 cm³/mol. The zero-order valence-electron chi connectivity index (χ0n) is 12.2. The van der Waals surface area contributed by atoms with E-state index in [4.69, 9.17) is 4.42 Å². The Morgan fingerprint density at radius 1 is 1.25 bits per heavy atom. The van der Waals surface area contributed by atoms with Gasteiger partial charge in [0, 0.05) is 31.5 Å². The molecule has 1 aliphatic rings. The lowest BCUT2D eigenvalue weighted by Gasteiger charge is -2.07. The Kier molecular flexibility index (Phi) is 4.95. The monoisotopic (exact) mass is 278 g/mol. The van der Waals surface area contributed by atoms with Crippen LogP contribution in [0.15, 0.2) is 4.42 Å². The van der Waals surface area contributed by atoms with E-state index in [0.29, 0.717) is 35.6 Å².